The fourth-order valence-electron chi connectivity index (χ4n) is 1.47. The maximum absolute atomic E-state index is 8.48. The van der Waals surface area contributed by atoms with Crippen LogP contribution in [-0.2, 0) is 6.42 Å². The number of fused-ring (bicyclic) bond motifs is 1. The maximum Gasteiger partial charge on any atom is 0.123 e. The van der Waals surface area contributed by atoms with Crippen LogP contribution < -0.4 is 10.2 Å². The van der Waals surface area contributed by atoms with Crippen molar-refractivity contribution in [3.05, 3.63) is 29.8 Å². The van der Waals surface area contributed by atoms with Gasteiger partial charge in [-0.25, -0.2) is 5.48 Å². The Kier molecular flexibility index (Phi) is 5.15. The lowest BCUT2D eigenvalue weighted by atomic mass is 10.1. The van der Waals surface area contributed by atoms with Crippen molar-refractivity contribution >= 4 is 0 Å². The second kappa shape index (κ2) is 6.43. The summed E-state index contributed by atoms with van der Waals surface area (Å²) in [5, 5.41) is 8.48. The van der Waals surface area contributed by atoms with Gasteiger partial charge in [-0.1, -0.05) is 38.5 Å². The number of ether oxygens (including phenoxy) is 1. The van der Waals surface area contributed by atoms with Gasteiger partial charge in [0.15, 0.2) is 0 Å². The number of rotatable bonds is 2. The van der Waals surface area contributed by atoms with Crippen LogP contribution in [0.25, 0.3) is 0 Å². The Morgan fingerprint density at radius 3 is 2.73 bits per heavy atom. The molecule has 0 aliphatic carbocycles. The Morgan fingerprint density at radius 1 is 1.47 bits per heavy atom. The Balaban J connectivity index is 0.000000511. The van der Waals surface area contributed by atoms with E-state index in [1.807, 2.05) is 24.3 Å². The Labute approximate surface area is 92.5 Å². The lowest BCUT2D eigenvalue weighted by Crippen LogP contribution is -2.27. The zero-order chi connectivity index (χ0) is 11.1. The van der Waals surface area contributed by atoms with Gasteiger partial charge >= 0.3 is 0 Å². The molecule has 2 N–H and O–H groups in total. The van der Waals surface area contributed by atoms with Crippen LogP contribution in [0.15, 0.2) is 24.3 Å². The molecule has 2 rings (SSSR count). The van der Waals surface area contributed by atoms with E-state index in [9.17, 15) is 0 Å². The minimum Gasteiger partial charge on any atom is -0.488 e. The van der Waals surface area contributed by atoms with E-state index in [0.29, 0.717) is 6.54 Å². The van der Waals surface area contributed by atoms with Crippen LogP contribution in [0, 0.1) is 0 Å². The van der Waals surface area contributed by atoms with Gasteiger partial charge in [-0.05, 0) is 11.6 Å². The minimum atomic E-state index is 0. The molecule has 1 aliphatic heterocycles. The van der Waals surface area contributed by atoms with E-state index < -0.39 is 0 Å². The predicted octanol–water partition coefficient (Wildman–Crippen LogP) is 2.63. The second-order valence-electron chi connectivity index (χ2n) is 3.62. The molecule has 0 bridgehead atoms. The molecular weight excluding hydrogens is 190 g/mol. The molecule has 0 fully saturated rings. The van der Waals surface area contributed by atoms with E-state index in [1.54, 1.807) is 0 Å². The lowest BCUT2D eigenvalue weighted by Gasteiger charge is -2.07. The van der Waals surface area contributed by atoms with Crippen molar-refractivity contribution in [3.63, 3.8) is 0 Å². The monoisotopic (exact) mass is 211 g/mol. The molecule has 3 heteroatoms. The van der Waals surface area contributed by atoms with Gasteiger partial charge in [0.05, 0.1) is 6.54 Å². The number of para-hydroxylation sites is 1. The van der Waals surface area contributed by atoms with Crippen molar-refractivity contribution in [3.8, 4) is 5.75 Å². The summed E-state index contributed by atoms with van der Waals surface area (Å²) in [4.78, 5) is 0. The zero-order valence-corrected chi connectivity index (χ0v) is 9.36. The summed E-state index contributed by atoms with van der Waals surface area (Å²) in [6, 6.07) is 7.95. The van der Waals surface area contributed by atoms with E-state index in [-0.39, 0.29) is 7.53 Å². The summed E-state index contributed by atoms with van der Waals surface area (Å²) in [5.74, 6) is 0.942. The van der Waals surface area contributed by atoms with Crippen LogP contribution in [0.5, 0.6) is 5.75 Å². The molecule has 0 aromatic heterocycles. The molecule has 1 aromatic rings. The highest BCUT2D eigenvalue weighted by molar-refractivity contribution is 5.37. The summed E-state index contributed by atoms with van der Waals surface area (Å²) in [6.07, 6.45) is 2.20. The number of nitrogens with one attached hydrogen (secondary N) is 1. The van der Waals surface area contributed by atoms with Crippen LogP contribution in [0.2, 0.25) is 0 Å². The summed E-state index contributed by atoms with van der Waals surface area (Å²) in [5.41, 5.74) is 3.34. The smallest absolute Gasteiger partial charge is 0.123 e. The molecule has 1 unspecified atom stereocenters. The van der Waals surface area contributed by atoms with Crippen LogP contribution >= 0.6 is 0 Å². The van der Waals surface area contributed by atoms with Gasteiger partial charge in [-0.3, -0.25) is 0 Å². The highest BCUT2D eigenvalue weighted by Gasteiger charge is 2.21. The molecule has 0 spiro atoms. The van der Waals surface area contributed by atoms with Crippen molar-refractivity contribution in [2.24, 2.45) is 0 Å². The third kappa shape index (κ3) is 3.53. The van der Waals surface area contributed by atoms with E-state index in [0.717, 1.165) is 12.2 Å². The van der Waals surface area contributed by atoms with E-state index in [2.05, 4.69) is 19.3 Å². The average Bonchev–Trinajstić information content (AvgIpc) is 2.61. The molecule has 0 amide bonds. The molecule has 3 nitrogen and oxygen atoms in total. The van der Waals surface area contributed by atoms with Crippen LogP contribution in [0.1, 0.15) is 27.3 Å². The van der Waals surface area contributed by atoms with E-state index >= 15 is 0 Å². The summed E-state index contributed by atoms with van der Waals surface area (Å²) in [7, 11) is 0. The molecule has 0 saturated heterocycles. The van der Waals surface area contributed by atoms with Crippen molar-refractivity contribution < 1.29 is 11.4 Å². The van der Waals surface area contributed by atoms with E-state index in [4.69, 9.17) is 9.94 Å². The fourth-order valence-corrected chi connectivity index (χ4v) is 1.47. The molecule has 86 valence electrons. The largest absolute Gasteiger partial charge is 0.488 e. The third-order valence-corrected chi connectivity index (χ3v) is 2.03. The summed E-state index contributed by atoms with van der Waals surface area (Å²) in [6.45, 7) is 4.73. The van der Waals surface area contributed by atoms with Gasteiger partial charge < -0.3 is 9.94 Å². The minimum absolute atomic E-state index is 0. The van der Waals surface area contributed by atoms with Crippen LogP contribution in [0.3, 0.4) is 0 Å². The van der Waals surface area contributed by atoms with Crippen molar-refractivity contribution in [1.82, 2.24) is 5.48 Å². The first-order valence-corrected chi connectivity index (χ1v) is 5.43. The topological polar surface area (TPSA) is 41.5 Å². The normalized spacial score (nSPS) is 17.4. The van der Waals surface area contributed by atoms with Gasteiger partial charge in [-0.2, -0.15) is 0 Å². The third-order valence-electron chi connectivity index (χ3n) is 2.03. The SMILES string of the molecule is CCC.ONCC1Cc2ccccc2O1.[HH]. The highest BCUT2D eigenvalue weighted by atomic mass is 16.5. The number of hydrogen-bond donors (Lipinski definition) is 2. The summed E-state index contributed by atoms with van der Waals surface area (Å²) >= 11 is 0. The Bertz CT molecular complexity index is 269. The second-order valence-corrected chi connectivity index (χ2v) is 3.62. The Hall–Kier alpha value is -1.06. The van der Waals surface area contributed by atoms with Gasteiger partial charge in [0.25, 0.3) is 0 Å². The first-order valence-electron chi connectivity index (χ1n) is 5.43. The maximum atomic E-state index is 8.48. The molecule has 1 aromatic carbocycles. The highest BCUT2D eigenvalue weighted by Crippen LogP contribution is 2.27. The van der Waals surface area contributed by atoms with Gasteiger partial charge in [0.2, 0.25) is 0 Å². The van der Waals surface area contributed by atoms with Crippen LogP contribution in [0.4, 0.5) is 0 Å². The van der Waals surface area contributed by atoms with Gasteiger partial charge in [0, 0.05) is 7.85 Å². The fraction of sp³-hybridized carbons (Fsp3) is 0.500. The molecule has 1 heterocycles. The number of hydrogen-bond acceptors (Lipinski definition) is 3. The zero-order valence-electron chi connectivity index (χ0n) is 9.36. The average molecular weight is 211 g/mol. The molecule has 15 heavy (non-hydrogen) atoms. The molecule has 0 radical (unpaired) electrons. The molecule has 0 saturated carbocycles. The van der Waals surface area contributed by atoms with Crippen LogP contribution in [-0.4, -0.2) is 17.9 Å². The van der Waals surface area contributed by atoms with E-state index in [1.165, 1.54) is 12.0 Å². The predicted molar refractivity (Wildman–Crippen MR) is 62.4 cm³/mol. The molecule has 1 aliphatic rings. The summed E-state index contributed by atoms with van der Waals surface area (Å²) < 4.78 is 5.52. The first-order chi connectivity index (χ1) is 7.31. The van der Waals surface area contributed by atoms with Gasteiger partial charge in [0.1, 0.15) is 11.9 Å². The van der Waals surface area contributed by atoms with Gasteiger partial charge in [-0.15, -0.1) is 0 Å². The standard InChI is InChI=1S/C9H11NO2.C3H8.H2/c11-10-6-8-5-7-3-1-2-4-9(7)12-8;1-3-2;/h1-4,8,10-11H,5-6H2;3H2,1-2H3;1H. The van der Waals surface area contributed by atoms with Crippen molar-refractivity contribution in [2.75, 3.05) is 6.54 Å². The molecule has 1 atom stereocenters. The quantitative estimate of drug-likeness (QED) is 0.739. The Morgan fingerprint density at radius 2 is 2.13 bits per heavy atom. The molecular formula is C12H21NO2. The number of hydroxylamine groups is 1. The van der Waals surface area contributed by atoms with Crippen molar-refractivity contribution in [1.29, 1.82) is 0 Å². The first kappa shape index (κ1) is 12.0. The van der Waals surface area contributed by atoms with Crippen molar-refractivity contribution in [2.45, 2.75) is 32.8 Å². The number of benzene rings is 1. The lowest BCUT2D eigenvalue weighted by molar-refractivity contribution is 0.115.